The second-order valence-electron chi connectivity index (χ2n) is 6.03. The number of aryl methyl sites for hydroxylation is 1. The molecule has 2 heterocycles. The highest BCUT2D eigenvalue weighted by molar-refractivity contribution is 6.03. The standard InChI is InChI=1S/C17H19FN4O3/c1-20-15(14(10-19-20)17(24)25)16(23)22-8-6-21(7-9-22)11-12-2-4-13(18)5-3-12/h2-5,10H,6-9,11H2,1H3,(H,24,25). The number of aromatic carboxylic acids is 1. The average molecular weight is 346 g/mol. The molecule has 0 unspecified atom stereocenters. The number of nitrogens with zero attached hydrogens (tertiary/aromatic N) is 4. The zero-order chi connectivity index (χ0) is 18.0. The molecule has 1 aromatic carbocycles. The van der Waals surface area contributed by atoms with Crippen molar-refractivity contribution in [3.8, 4) is 0 Å². The molecule has 1 amide bonds. The van der Waals surface area contributed by atoms with Crippen LogP contribution < -0.4 is 0 Å². The highest BCUT2D eigenvalue weighted by Gasteiger charge is 2.28. The summed E-state index contributed by atoms with van der Waals surface area (Å²) in [7, 11) is 1.56. The van der Waals surface area contributed by atoms with Gasteiger partial charge in [-0.15, -0.1) is 0 Å². The Balaban J connectivity index is 1.62. The SMILES string of the molecule is Cn1ncc(C(=O)O)c1C(=O)N1CCN(Cc2ccc(F)cc2)CC1. The number of aromatic nitrogens is 2. The van der Waals surface area contributed by atoms with Gasteiger partial charge in [0.2, 0.25) is 0 Å². The van der Waals surface area contributed by atoms with E-state index in [2.05, 4.69) is 10.00 Å². The molecule has 1 aromatic heterocycles. The summed E-state index contributed by atoms with van der Waals surface area (Å²) in [6.45, 7) is 3.04. The fourth-order valence-corrected chi connectivity index (χ4v) is 2.95. The highest BCUT2D eigenvalue weighted by Crippen LogP contribution is 2.15. The van der Waals surface area contributed by atoms with Crippen LogP contribution in [0, 0.1) is 5.82 Å². The van der Waals surface area contributed by atoms with Crippen LogP contribution in [0.3, 0.4) is 0 Å². The molecule has 0 atom stereocenters. The van der Waals surface area contributed by atoms with E-state index in [0.717, 1.165) is 5.56 Å². The van der Waals surface area contributed by atoms with E-state index in [-0.39, 0.29) is 23.0 Å². The number of hydrogen-bond donors (Lipinski definition) is 1. The summed E-state index contributed by atoms with van der Waals surface area (Å²) >= 11 is 0. The van der Waals surface area contributed by atoms with E-state index >= 15 is 0 Å². The fraction of sp³-hybridized carbons (Fsp3) is 0.353. The Kier molecular flexibility index (Phi) is 4.80. The van der Waals surface area contributed by atoms with Crippen LogP contribution in [0.15, 0.2) is 30.5 Å². The van der Waals surface area contributed by atoms with E-state index in [1.54, 1.807) is 24.1 Å². The van der Waals surface area contributed by atoms with E-state index < -0.39 is 5.97 Å². The lowest BCUT2D eigenvalue weighted by Gasteiger charge is -2.34. The van der Waals surface area contributed by atoms with Gasteiger partial charge in [-0.3, -0.25) is 14.4 Å². The molecule has 1 saturated heterocycles. The molecule has 1 aliphatic rings. The van der Waals surface area contributed by atoms with Gasteiger partial charge >= 0.3 is 5.97 Å². The molecule has 8 heteroatoms. The quantitative estimate of drug-likeness (QED) is 0.900. The van der Waals surface area contributed by atoms with Crippen molar-refractivity contribution in [2.75, 3.05) is 26.2 Å². The molecule has 1 N–H and O–H groups in total. The summed E-state index contributed by atoms with van der Waals surface area (Å²) < 4.78 is 14.3. The van der Waals surface area contributed by atoms with Crippen LogP contribution in [0.25, 0.3) is 0 Å². The van der Waals surface area contributed by atoms with Crippen LogP contribution in [0.1, 0.15) is 26.4 Å². The number of hydrogen-bond acceptors (Lipinski definition) is 4. The molecule has 2 aromatic rings. The van der Waals surface area contributed by atoms with E-state index in [1.807, 2.05) is 0 Å². The maximum atomic E-state index is 13.0. The summed E-state index contributed by atoms with van der Waals surface area (Å²) in [6.07, 6.45) is 1.19. The molecule has 25 heavy (non-hydrogen) atoms. The maximum Gasteiger partial charge on any atom is 0.339 e. The van der Waals surface area contributed by atoms with Gasteiger partial charge in [-0.05, 0) is 17.7 Å². The van der Waals surface area contributed by atoms with Gasteiger partial charge in [0.1, 0.15) is 17.1 Å². The van der Waals surface area contributed by atoms with Crippen molar-refractivity contribution in [3.05, 3.63) is 53.1 Å². The Morgan fingerprint density at radius 1 is 1.16 bits per heavy atom. The lowest BCUT2D eigenvalue weighted by molar-refractivity contribution is 0.0599. The van der Waals surface area contributed by atoms with Gasteiger partial charge in [-0.2, -0.15) is 5.10 Å². The number of benzene rings is 1. The van der Waals surface area contributed by atoms with Gasteiger partial charge in [-0.25, -0.2) is 9.18 Å². The van der Waals surface area contributed by atoms with Crippen molar-refractivity contribution in [3.63, 3.8) is 0 Å². The van der Waals surface area contributed by atoms with E-state index in [4.69, 9.17) is 0 Å². The molecule has 7 nitrogen and oxygen atoms in total. The third kappa shape index (κ3) is 3.69. The van der Waals surface area contributed by atoms with Crippen LogP contribution in [0.5, 0.6) is 0 Å². The minimum Gasteiger partial charge on any atom is -0.478 e. The molecular formula is C17H19FN4O3. The van der Waals surface area contributed by atoms with Crippen molar-refractivity contribution in [2.24, 2.45) is 7.05 Å². The summed E-state index contributed by atoms with van der Waals surface area (Å²) in [5.41, 5.74) is 1.03. The van der Waals surface area contributed by atoms with Crippen LogP contribution in [0.4, 0.5) is 4.39 Å². The number of carboxylic acid groups (broad SMARTS) is 1. The first-order valence-corrected chi connectivity index (χ1v) is 7.97. The lowest BCUT2D eigenvalue weighted by atomic mass is 10.1. The smallest absolute Gasteiger partial charge is 0.339 e. The van der Waals surface area contributed by atoms with Gasteiger partial charge in [0.25, 0.3) is 5.91 Å². The summed E-state index contributed by atoms with van der Waals surface area (Å²) in [6, 6.07) is 6.37. The second-order valence-corrected chi connectivity index (χ2v) is 6.03. The summed E-state index contributed by atoms with van der Waals surface area (Å²) in [4.78, 5) is 27.7. The second kappa shape index (κ2) is 7.02. The molecule has 132 valence electrons. The number of halogens is 1. The van der Waals surface area contributed by atoms with E-state index in [9.17, 15) is 19.1 Å². The van der Waals surface area contributed by atoms with Crippen molar-refractivity contribution in [2.45, 2.75) is 6.54 Å². The fourth-order valence-electron chi connectivity index (χ4n) is 2.95. The first-order valence-electron chi connectivity index (χ1n) is 7.97. The first-order chi connectivity index (χ1) is 12.0. The van der Waals surface area contributed by atoms with Crippen molar-refractivity contribution in [1.82, 2.24) is 19.6 Å². The number of carbonyl (C=O) groups is 2. The van der Waals surface area contributed by atoms with Crippen LogP contribution >= 0.6 is 0 Å². The number of carboxylic acids is 1. The van der Waals surface area contributed by atoms with Crippen molar-refractivity contribution in [1.29, 1.82) is 0 Å². The molecule has 3 rings (SSSR count). The summed E-state index contributed by atoms with van der Waals surface area (Å²) in [5, 5.41) is 13.1. The van der Waals surface area contributed by atoms with Crippen molar-refractivity contribution < 1.29 is 19.1 Å². The molecular weight excluding hydrogens is 327 g/mol. The van der Waals surface area contributed by atoms with Gasteiger partial charge in [-0.1, -0.05) is 12.1 Å². The number of rotatable bonds is 4. The Hall–Kier alpha value is -2.74. The Labute approximate surface area is 144 Å². The minimum absolute atomic E-state index is 0.0822. The number of piperazine rings is 1. The zero-order valence-corrected chi connectivity index (χ0v) is 13.9. The predicted molar refractivity (Wildman–Crippen MR) is 87.7 cm³/mol. The molecule has 0 aliphatic carbocycles. The molecule has 0 saturated carbocycles. The maximum absolute atomic E-state index is 13.0. The van der Waals surface area contributed by atoms with Gasteiger partial charge in [0.05, 0.1) is 6.20 Å². The lowest BCUT2D eigenvalue weighted by Crippen LogP contribution is -2.48. The third-order valence-electron chi connectivity index (χ3n) is 4.35. The molecule has 0 radical (unpaired) electrons. The van der Waals surface area contributed by atoms with Gasteiger partial charge < -0.3 is 10.0 Å². The average Bonchev–Trinajstić information content (AvgIpc) is 2.99. The van der Waals surface area contributed by atoms with Gasteiger partial charge in [0, 0.05) is 39.8 Å². The normalized spacial score (nSPS) is 15.4. The van der Waals surface area contributed by atoms with Gasteiger partial charge in [0.15, 0.2) is 0 Å². The third-order valence-corrected chi connectivity index (χ3v) is 4.35. The Bertz CT molecular complexity index is 780. The Morgan fingerprint density at radius 3 is 2.40 bits per heavy atom. The van der Waals surface area contributed by atoms with Crippen molar-refractivity contribution >= 4 is 11.9 Å². The topological polar surface area (TPSA) is 78.7 Å². The van der Waals surface area contributed by atoms with Crippen LogP contribution in [-0.4, -0.2) is 62.7 Å². The largest absolute Gasteiger partial charge is 0.478 e. The van der Waals surface area contributed by atoms with E-state index in [1.165, 1.54) is 23.0 Å². The number of carbonyl (C=O) groups excluding carboxylic acids is 1. The molecule has 1 aliphatic heterocycles. The highest BCUT2D eigenvalue weighted by atomic mass is 19.1. The van der Waals surface area contributed by atoms with E-state index in [0.29, 0.717) is 32.7 Å². The minimum atomic E-state index is -1.16. The van der Waals surface area contributed by atoms with Crippen LogP contribution in [0.2, 0.25) is 0 Å². The zero-order valence-electron chi connectivity index (χ0n) is 13.9. The Morgan fingerprint density at radius 2 is 1.80 bits per heavy atom. The van der Waals surface area contributed by atoms with Crippen LogP contribution in [-0.2, 0) is 13.6 Å². The monoisotopic (exact) mass is 346 g/mol. The molecule has 1 fully saturated rings. The molecule has 0 bridgehead atoms. The predicted octanol–water partition coefficient (Wildman–Crippen LogP) is 1.22. The summed E-state index contributed by atoms with van der Waals surface area (Å²) in [5.74, 6) is -1.74. The first kappa shape index (κ1) is 17.1. The molecule has 0 spiro atoms. The number of amides is 1.